The van der Waals surface area contributed by atoms with Gasteiger partial charge in [-0.15, -0.1) is 10.2 Å². The van der Waals surface area contributed by atoms with Gasteiger partial charge in [0.15, 0.2) is 0 Å². The minimum atomic E-state index is -0.780. The summed E-state index contributed by atoms with van der Waals surface area (Å²) in [5.74, 6) is 2.64. The topological polar surface area (TPSA) is 83.4 Å². The average Bonchev–Trinajstić information content (AvgIpc) is 3.22. The van der Waals surface area contributed by atoms with Crippen molar-refractivity contribution in [1.82, 2.24) is 29.9 Å². The Labute approximate surface area is 147 Å². The molecule has 8 heteroatoms. The van der Waals surface area contributed by atoms with E-state index in [1.807, 2.05) is 0 Å². The number of piperidine rings is 1. The van der Waals surface area contributed by atoms with Gasteiger partial charge in [0.1, 0.15) is 17.2 Å². The number of rotatable bonds is 4. The van der Waals surface area contributed by atoms with Gasteiger partial charge < -0.3 is 14.8 Å². The Morgan fingerprint density at radius 2 is 1.88 bits per heavy atom. The molecule has 0 unspecified atom stereocenters. The second kappa shape index (κ2) is 6.09. The number of amides is 3. The lowest BCUT2D eigenvalue weighted by Gasteiger charge is -2.32. The summed E-state index contributed by atoms with van der Waals surface area (Å²) < 4.78 is 2.30. The van der Waals surface area contributed by atoms with E-state index in [-0.39, 0.29) is 11.9 Å². The number of hydrogen-bond donors (Lipinski definition) is 1. The van der Waals surface area contributed by atoms with E-state index in [0.29, 0.717) is 12.5 Å². The largest absolute Gasteiger partial charge is 0.325 e. The van der Waals surface area contributed by atoms with Crippen LogP contribution in [0.3, 0.4) is 0 Å². The van der Waals surface area contributed by atoms with E-state index in [1.165, 1.54) is 11.3 Å². The Hall–Kier alpha value is -1.96. The molecule has 3 amide bonds. The van der Waals surface area contributed by atoms with Crippen LogP contribution in [-0.4, -0.2) is 68.2 Å². The number of hydrogen-bond acceptors (Lipinski definition) is 5. The van der Waals surface area contributed by atoms with Crippen molar-refractivity contribution < 1.29 is 9.59 Å². The average molecular weight is 346 g/mol. The van der Waals surface area contributed by atoms with Gasteiger partial charge in [0, 0.05) is 32.0 Å². The molecule has 2 saturated heterocycles. The smallest absolute Gasteiger partial charge is 0.324 e. The van der Waals surface area contributed by atoms with Crippen LogP contribution in [0.4, 0.5) is 4.79 Å². The number of aryl methyl sites for hydroxylation is 1. The summed E-state index contributed by atoms with van der Waals surface area (Å²) in [6.07, 6.45) is 4.35. The lowest BCUT2D eigenvalue weighted by Crippen LogP contribution is -2.43. The fourth-order valence-electron chi connectivity index (χ4n) is 4.15. The lowest BCUT2D eigenvalue weighted by molar-refractivity contribution is -0.130. The van der Waals surface area contributed by atoms with E-state index >= 15 is 0 Å². The first-order valence-corrected chi connectivity index (χ1v) is 9.24. The number of carbonyl (C=O) groups excluding carboxylic acids is 2. The first kappa shape index (κ1) is 16.5. The predicted molar refractivity (Wildman–Crippen MR) is 91.1 cm³/mol. The molecule has 4 heterocycles. The maximum absolute atomic E-state index is 12.2. The fraction of sp³-hybridized carbons (Fsp3) is 0.765. The summed E-state index contributed by atoms with van der Waals surface area (Å²) in [6, 6.07) is -0.274. The number of nitrogens with zero attached hydrogens (tertiary/aromatic N) is 5. The fourth-order valence-corrected chi connectivity index (χ4v) is 4.15. The highest BCUT2D eigenvalue weighted by Gasteiger charge is 2.44. The molecule has 0 atom stereocenters. The van der Waals surface area contributed by atoms with Gasteiger partial charge in [0.2, 0.25) is 0 Å². The van der Waals surface area contributed by atoms with Gasteiger partial charge in [-0.1, -0.05) is 0 Å². The molecule has 0 saturated carbocycles. The first-order chi connectivity index (χ1) is 12.0. The zero-order chi connectivity index (χ0) is 17.6. The number of fused-ring (bicyclic) bond motifs is 1. The minimum Gasteiger partial charge on any atom is -0.324 e. The summed E-state index contributed by atoms with van der Waals surface area (Å²) in [6.45, 7) is 7.68. The van der Waals surface area contributed by atoms with Crippen molar-refractivity contribution >= 4 is 11.9 Å². The van der Waals surface area contributed by atoms with Crippen molar-refractivity contribution in [1.29, 1.82) is 0 Å². The van der Waals surface area contributed by atoms with Crippen LogP contribution in [0.25, 0.3) is 0 Å². The molecule has 3 aliphatic rings. The first-order valence-electron chi connectivity index (χ1n) is 9.24. The molecule has 1 aromatic rings. The monoisotopic (exact) mass is 346 g/mol. The molecular weight excluding hydrogens is 320 g/mol. The Kier molecular flexibility index (Phi) is 4.02. The van der Waals surface area contributed by atoms with Crippen LogP contribution in [0.2, 0.25) is 0 Å². The molecule has 25 heavy (non-hydrogen) atoms. The molecule has 136 valence electrons. The molecule has 0 radical (unpaired) electrons. The maximum Gasteiger partial charge on any atom is 0.325 e. The van der Waals surface area contributed by atoms with E-state index in [2.05, 4.69) is 25.0 Å². The number of imide groups is 1. The van der Waals surface area contributed by atoms with Crippen molar-refractivity contribution in [2.75, 3.05) is 26.2 Å². The molecule has 2 fully saturated rings. The second-order valence-corrected chi connectivity index (χ2v) is 7.86. The maximum atomic E-state index is 12.2. The Bertz CT molecular complexity index is 689. The van der Waals surface area contributed by atoms with E-state index in [1.54, 1.807) is 13.8 Å². The number of carbonyl (C=O) groups is 2. The summed E-state index contributed by atoms with van der Waals surface area (Å²) in [4.78, 5) is 27.9. The van der Waals surface area contributed by atoms with Crippen LogP contribution in [0.15, 0.2) is 0 Å². The van der Waals surface area contributed by atoms with Gasteiger partial charge in [-0.25, -0.2) is 4.79 Å². The number of likely N-dealkylation sites (tertiary alicyclic amines) is 1. The Morgan fingerprint density at radius 3 is 2.56 bits per heavy atom. The Balaban J connectivity index is 1.29. The summed E-state index contributed by atoms with van der Waals surface area (Å²) in [7, 11) is 0. The van der Waals surface area contributed by atoms with Crippen molar-refractivity contribution in [2.24, 2.45) is 0 Å². The van der Waals surface area contributed by atoms with Gasteiger partial charge in [0.25, 0.3) is 5.91 Å². The van der Waals surface area contributed by atoms with Crippen LogP contribution in [0, 0.1) is 0 Å². The highest BCUT2D eigenvalue weighted by molar-refractivity contribution is 6.06. The predicted octanol–water partition coefficient (Wildman–Crippen LogP) is 0.734. The third kappa shape index (κ3) is 2.92. The molecule has 8 nitrogen and oxygen atoms in total. The van der Waals surface area contributed by atoms with Gasteiger partial charge in [-0.05, 0) is 46.2 Å². The second-order valence-electron chi connectivity index (χ2n) is 7.86. The van der Waals surface area contributed by atoms with Crippen molar-refractivity contribution in [2.45, 2.75) is 57.5 Å². The Morgan fingerprint density at radius 1 is 1.12 bits per heavy atom. The third-order valence-corrected chi connectivity index (χ3v) is 5.68. The molecule has 0 bridgehead atoms. The SMILES string of the molecule is CC1(C)NC(=O)N(CCN2CCC(c3nnc4n3CCC4)CC2)C1=O. The normalized spacial score (nSPS) is 24.0. The molecule has 0 spiro atoms. The van der Waals surface area contributed by atoms with E-state index < -0.39 is 5.54 Å². The number of aromatic nitrogens is 3. The molecule has 0 aromatic carbocycles. The van der Waals surface area contributed by atoms with Gasteiger partial charge in [0.05, 0.1) is 0 Å². The highest BCUT2D eigenvalue weighted by atomic mass is 16.2. The minimum absolute atomic E-state index is 0.133. The van der Waals surface area contributed by atoms with Crippen LogP contribution in [0.5, 0.6) is 0 Å². The standard InChI is InChI=1S/C17H26N6O2/c1-17(2)15(24)23(16(25)18-17)11-10-21-8-5-12(6-9-21)14-20-19-13-4-3-7-22(13)14/h12H,3-11H2,1-2H3,(H,18,25). The van der Waals surface area contributed by atoms with Gasteiger partial charge in [-0.3, -0.25) is 9.69 Å². The van der Waals surface area contributed by atoms with E-state index in [4.69, 9.17) is 0 Å². The third-order valence-electron chi connectivity index (χ3n) is 5.68. The molecular formula is C17H26N6O2. The van der Waals surface area contributed by atoms with Crippen LogP contribution in [-0.2, 0) is 17.8 Å². The van der Waals surface area contributed by atoms with Crippen LogP contribution in [0.1, 0.15) is 50.7 Å². The van der Waals surface area contributed by atoms with E-state index in [0.717, 1.165) is 57.1 Å². The highest BCUT2D eigenvalue weighted by Crippen LogP contribution is 2.29. The van der Waals surface area contributed by atoms with Crippen LogP contribution >= 0.6 is 0 Å². The summed E-state index contributed by atoms with van der Waals surface area (Å²) >= 11 is 0. The van der Waals surface area contributed by atoms with E-state index in [9.17, 15) is 9.59 Å². The number of urea groups is 1. The van der Waals surface area contributed by atoms with Crippen molar-refractivity contribution in [3.8, 4) is 0 Å². The van der Waals surface area contributed by atoms with Crippen molar-refractivity contribution in [3.05, 3.63) is 11.6 Å². The number of nitrogens with one attached hydrogen (secondary N) is 1. The molecule has 1 aromatic heterocycles. The molecule has 4 rings (SSSR count). The molecule has 0 aliphatic carbocycles. The zero-order valence-electron chi connectivity index (χ0n) is 15.0. The zero-order valence-corrected chi connectivity index (χ0v) is 15.0. The van der Waals surface area contributed by atoms with Gasteiger partial charge >= 0.3 is 6.03 Å². The summed E-state index contributed by atoms with van der Waals surface area (Å²) in [5.41, 5.74) is -0.780. The van der Waals surface area contributed by atoms with Crippen LogP contribution < -0.4 is 5.32 Å². The summed E-state index contributed by atoms with van der Waals surface area (Å²) in [5, 5.41) is 11.5. The van der Waals surface area contributed by atoms with Gasteiger partial charge in [-0.2, -0.15) is 0 Å². The lowest BCUT2D eigenvalue weighted by atomic mass is 9.96. The molecule has 3 aliphatic heterocycles. The molecule has 1 N–H and O–H groups in total. The van der Waals surface area contributed by atoms with Crippen molar-refractivity contribution in [3.63, 3.8) is 0 Å². The quantitative estimate of drug-likeness (QED) is 0.813.